The zero-order chi connectivity index (χ0) is 9.56. The van der Waals surface area contributed by atoms with Crippen molar-refractivity contribution in [1.82, 2.24) is 0 Å². The lowest BCUT2D eigenvalue weighted by Gasteiger charge is -2.19. The third kappa shape index (κ3) is 3.74. The first-order valence-corrected chi connectivity index (χ1v) is 4.92. The molecular weight excluding hydrogens is 150 g/mol. The van der Waals surface area contributed by atoms with Crippen molar-refractivity contribution in [2.45, 2.75) is 46.5 Å². The molecule has 0 aromatic rings. The van der Waals surface area contributed by atoms with Gasteiger partial charge in [0.05, 0.1) is 0 Å². The first-order valence-electron chi connectivity index (χ1n) is 4.92. The maximum absolute atomic E-state index is 11.0. The molecule has 0 bridgehead atoms. The number of nitrogens with two attached hydrogens (primary N) is 1. The van der Waals surface area contributed by atoms with Crippen LogP contribution in [0.5, 0.6) is 0 Å². The maximum atomic E-state index is 11.0. The largest absolute Gasteiger partial charge is 0.369 e. The smallest absolute Gasteiger partial charge is 0.220 e. The molecule has 2 atom stereocenters. The van der Waals surface area contributed by atoms with Crippen LogP contribution in [0.15, 0.2) is 0 Å². The molecule has 0 aliphatic rings. The third-order valence-electron chi connectivity index (χ3n) is 2.40. The van der Waals surface area contributed by atoms with Gasteiger partial charge in [-0.05, 0) is 12.3 Å². The first kappa shape index (κ1) is 11.5. The van der Waals surface area contributed by atoms with Crippen molar-refractivity contribution in [2.24, 2.45) is 17.6 Å². The second-order valence-corrected chi connectivity index (χ2v) is 3.56. The standard InChI is InChI=1S/C10H21NO/c1-4-6-8(3)9(7-5-2)10(11)12/h8-9H,4-7H2,1-3H3,(H2,11,12). The Morgan fingerprint density at radius 3 is 2.08 bits per heavy atom. The van der Waals surface area contributed by atoms with Crippen LogP contribution in [0.4, 0.5) is 0 Å². The van der Waals surface area contributed by atoms with Crippen LogP contribution in [0.1, 0.15) is 46.5 Å². The van der Waals surface area contributed by atoms with E-state index >= 15 is 0 Å². The van der Waals surface area contributed by atoms with E-state index in [1.165, 1.54) is 0 Å². The molecule has 0 aliphatic heterocycles. The van der Waals surface area contributed by atoms with Crippen LogP contribution in [0.3, 0.4) is 0 Å². The summed E-state index contributed by atoms with van der Waals surface area (Å²) in [5, 5.41) is 0. The molecule has 2 nitrogen and oxygen atoms in total. The van der Waals surface area contributed by atoms with Crippen LogP contribution in [-0.4, -0.2) is 5.91 Å². The van der Waals surface area contributed by atoms with Gasteiger partial charge in [0.2, 0.25) is 5.91 Å². The van der Waals surface area contributed by atoms with Crippen LogP contribution in [0, 0.1) is 11.8 Å². The summed E-state index contributed by atoms with van der Waals surface area (Å²) in [5.41, 5.74) is 5.32. The molecule has 2 heteroatoms. The van der Waals surface area contributed by atoms with Crippen LogP contribution < -0.4 is 5.73 Å². The predicted molar refractivity (Wildman–Crippen MR) is 51.7 cm³/mol. The zero-order valence-corrected chi connectivity index (χ0v) is 8.47. The van der Waals surface area contributed by atoms with Crippen LogP contribution in [0.2, 0.25) is 0 Å². The van der Waals surface area contributed by atoms with E-state index in [9.17, 15) is 4.79 Å². The summed E-state index contributed by atoms with van der Waals surface area (Å²) in [7, 11) is 0. The van der Waals surface area contributed by atoms with Crippen molar-refractivity contribution < 1.29 is 4.79 Å². The number of hydrogen-bond acceptors (Lipinski definition) is 1. The van der Waals surface area contributed by atoms with Crippen molar-refractivity contribution in [1.29, 1.82) is 0 Å². The van der Waals surface area contributed by atoms with Gasteiger partial charge in [-0.2, -0.15) is 0 Å². The number of primary amides is 1. The monoisotopic (exact) mass is 171 g/mol. The topological polar surface area (TPSA) is 43.1 Å². The van der Waals surface area contributed by atoms with E-state index in [0.717, 1.165) is 25.7 Å². The van der Waals surface area contributed by atoms with Gasteiger partial charge in [-0.25, -0.2) is 0 Å². The van der Waals surface area contributed by atoms with E-state index in [4.69, 9.17) is 5.73 Å². The number of rotatable bonds is 6. The summed E-state index contributed by atoms with van der Waals surface area (Å²) in [6, 6.07) is 0. The molecule has 0 radical (unpaired) electrons. The third-order valence-corrected chi connectivity index (χ3v) is 2.40. The van der Waals surface area contributed by atoms with Gasteiger partial charge in [0, 0.05) is 5.92 Å². The molecule has 2 unspecified atom stereocenters. The Labute approximate surface area is 75.5 Å². The summed E-state index contributed by atoms with van der Waals surface area (Å²) in [6.45, 7) is 6.35. The van der Waals surface area contributed by atoms with Crippen molar-refractivity contribution in [3.8, 4) is 0 Å². The molecule has 0 heterocycles. The summed E-state index contributed by atoms with van der Waals surface area (Å²) in [6.07, 6.45) is 4.22. The van der Waals surface area contributed by atoms with Gasteiger partial charge in [-0.1, -0.05) is 40.0 Å². The van der Waals surface area contributed by atoms with Gasteiger partial charge in [0.1, 0.15) is 0 Å². The molecule has 1 amide bonds. The summed E-state index contributed by atoms with van der Waals surface area (Å²) < 4.78 is 0. The molecule has 12 heavy (non-hydrogen) atoms. The Balaban J connectivity index is 3.99. The fourth-order valence-corrected chi connectivity index (χ4v) is 1.67. The fraction of sp³-hybridized carbons (Fsp3) is 0.900. The Hall–Kier alpha value is -0.530. The average Bonchev–Trinajstić information content (AvgIpc) is 1.99. The summed E-state index contributed by atoms with van der Waals surface area (Å²) in [5.74, 6) is 0.417. The Kier molecular flexibility index (Phi) is 5.77. The van der Waals surface area contributed by atoms with Gasteiger partial charge < -0.3 is 5.73 Å². The fourth-order valence-electron chi connectivity index (χ4n) is 1.67. The van der Waals surface area contributed by atoms with Gasteiger partial charge >= 0.3 is 0 Å². The molecule has 0 saturated heterocycles. The summed E-state index contributed by atoms with van der Waals surface area (Å²) >= 11 is 0. The molecule has 0 aliphatic carbocycles. The van der Waals surface area contributed by atoms with E-state index in [1.807, 2.05) is 0 Å². The normalized spacial score (nSPS) is 15.6. The highest BCUT2D eigenvalue weighted by Gasteiger charge is 2.20. The number of amides is 1. The minimum Gasteiger partial charge on any atom is -0.369 e. The van der Waals surface area contributed by atoms with Gasteiger partial charge in [0.25, 0.3) is 0 Å². The molecule has 72 valence electrons. The number of hydrogen-bond donors (Lipinski definition) is 1. The molecule has 0 spiro atoms. The average molecular weight is 171 g/mol. The molecule has 0 rings (SSSR count). The Morgan fingerprint density at radius 1 is 1.25 bits per heavy atom. The highest BCUT2D eigenvalue weighted by atomic mass is 16.1. The van der Waals surface area contributed by atoms with Gasteiger partial charge in [-0.15, -0.1) is 0 Å². The lowest BCUT2D eigenvalue weighted by atomic mass is 9.86. The molecule has 2 N–H and O–H groups in total. The van der Waals surface area contributed by atoms with E-state index in [0.29, 0.717) is 5.92 Å². The zero-order valence-electron chi connectivity index (χ0n) is 8.47. The van der Waals surface area contributed by atoms with E-state index in [1.54, 1.807) is 0 Å². The highest BCUT2D eigenvalue weighted by Crippen LogP contribution is 2.21. The lowest BCUT2D eigenvalue weighted by Crippen LogP contribution is -2.28. The SMILES string of the molecule is CCCC(C)C(CCC)C(N)=O. The minimum atomic E-state index is -0.127. The van der Waals surface area contributed by atoms with Crippen molar-refractivity contribution >= 4 is 5.91 Å². The first-order chi connectivity index (χ1) is 5.63. The van der Waals surface area contributed by atoms with Crippen molar-refractivity contribution in [2.75, 3.05) is 0 Å². The van der Waals surface area contributed by atoms with Crippen molar-refractivity contribution in [3.05, 3.63) is 0 Å². The van der Waals surface area contributed by atoms with Crippen LogP contribution in [0.25, 0.3) is 0 Å². The molecule has 0 saturated carbocycles. The Morgan fingerprint density at radius 2 is 1.75 bits per heavy atom. The molecule has 0 aromatic carbocycles. The molecule has 0 fully saturated rings. The van der Waals surface area contributed by atoms with Gasteiger partial charge in [-0.3, -0.25) is 4.79 Å². The number of carbonyl (C=O) groups excluding carboxylic acids is 1. The second kappa shape index (κ2) is 6.04. The Bertz CT molecular complexity index is 134. The van der Waals surface area contributed by atoms with E-state index in [-0.39, 0.29) is 11.8 Å². The number of carbonyl (C=O) groups is 1. The molecule has 0 aromatic heterocycles. The lowest BCUT2D eigenvalue weighted by molar-refractivity contribution is -0.123. The van der Waals surface area contributed by atoms with Crippen molar-refractivity contribution in [3.63, 3.8) is 0 Å². The van der Waals surface area contributed by atoms with E-state index < -0.39 is 0 Å². The second-order valence-electron chi connectivity index (χ2n) is 3.56. The maximum Gasteiger partial charge on any atom is 0.220 e. The van der Waals surface area contributed by atoms with Gasteiger partial charge in [0.15, 0.2) is 0 Å². The van der Waals surface area contributed by atoms with E-state index in [2.05, 4.69) is 20.8 Å². The highest BCUT2D eigenvalue weighted by molar-refractivity contribution is 5.76. The van der Waals surface area contributed by atoms with Crippen LogP contribution >= 0.6 is 0 Å². The minimum absolute atomic E-state index is 0.0925. The van der Waals surface area contributed by atoms with Crippen LogP contribution in [-0.2, 0) is 4.79 Å². The quantitative estimate of drug-likeness (QED) is 0.655. The molecular formula is C10H21NO. The summed E-state index contributed by atoms with van der Waals surface area (Å²) in [4.78, 5) is 11.0. The predicted octanol–water partition coefficient (Wildman–Crippen LogP) is 2.32.